The molecule has 2 rings (SSSR count). The zero-order valence-electron chi connectivity index (χ0n) is 9.85. The Balaban J connectivity index is 2.47. The zero-order chi connectivity index (χ0) is 13.3. The van der Waals surface area contributed by atoms with E-state index in [1.54, 1.807) is 16.9 Å². The van der Waals surface area contributed by atoms with Gasteiger partial charge < -0.3 is 9.84 Å². The van der Waals surface area contributed by atoms with Gasteiger partial charge in [-0.2, -0.15) is 5.10 Å². The number of rotatable bonds is 4. The number of aryl methyl sites for hydroxylation is 1. The molecule has 0 bridgehead atoms. The van der Waals surface area contributed by atoms with Crippen LogP contribution >= 0.6 is 34.5 Å². The van der Waals surface area contributed by atoms with Gasteiger partial charge in [0.15, 0.2) is 5.75 Å². The minimum Gasteiger partial charge on any atom is -0.493 e. The number of halogens is 2. The number of ether oxygens (including phenoxy) is 1. The van der Waals surface area contributed by atoms with E-state index in [-0.39, 0.29) is 0 Å². The van der Waals surface area contributed by atoms with Gasteiger partial charge in [0.25, 0.3) is 0 Å². The Hall–Kier alpha value is -0.750. The lowest BCUT2D eigenvalue weighted by molar-refractivity contribution is 0.203. The molecular formula is C11H12Cl2N2O2S. The van der Waals surface area contributed by atoms with Crippen LogP contribution in [0.1, 0.15) is 24.3 Å². The number of thiophene rings is 1. The highest BCUT2D eigenvalue weighted by Gasteiger charge is 2.24. The molecule has 0 aliphatic carbocycles. The average Bonchev–Trinajstić information content (AvgIpc) is 2.90. The Morgan fingerprint density at radius 2 is 2.28 bits per heavy atom. The van der Waals surface area contributed by atoms with Gasteiger partial charge >= 0.3 is 0 Å². The summed E-state index contributed by atoms with van der Waals surface area (Å²) in [6, 6.07) is 1.66. The van der Waals surface area contributed by atoms with E-state index in [4.69, 9.17) is 27.9 Å². The number of aliphatic hydroxyl groups excluding tert-OH is 1. The van der Waals surface area contributed by atoms with Crippen LogP contribution in [0.3, 0.4) is 0 Å². The average molecular weight is 307 g/mol. The van der Waals surface area contributed by atoms with Crippen LogP contribution in [-0.4, -0.2) is 22.0 Å². The third-order valence-electron chi connectivity index (χ3n) is 2.60. The highest BCUT2D eigenvalue weighted by Crippen LogP contribution is 2.39. The fourth-order valence-corrected chi connectivity index (χ4v) is 3.27. The molecule has 7 heteroatoms. The molecule has 18 heavy (non-hydrogen) atoms. The monoisotopic (exact) mass is 306 g/mol. The second-order valence-corrected chi connectivity index (χ2v) is 5.88. The van der Waals surface area contributed by atoms with Gasteiger partial charge in [-0.15, -0.1) is 11.3 Å². The molecule has 1 unspecified atom stereocenters. The van der Waals surface area contributed by atoms with Gasteiger partial charge in [0.05, 0.1) is 17.6 Å². The van der Waals surface area contributed by atoms with Crippen molar-refractivity contribution in [1.82, 2.24) is 9.78 Å². The van der Waals surface area contributed by atoms with Gasteiger partial charge in [-0.25, -0.2) is 0 Å². The van der Waals surface area contributed by atoms with Crippen LogP contribution in [0.25, 0.3) is 0 Å². The molecular weight excluding hydrogens is 295 g/mol. The van der Waals surface area contributed by atoms with Crippen molar-refractivity contribution in [1.29, 1.82) is 0 Å². The fraction of sp³-hybridized carbons (Fsp3) is 0.364. The van der Waals surface area contributed by atoms with Crippen molar-refractivity contribution in [3.8, 4) is 5.75 Å². The van der Waals surface area contributed by atoms with Crippen LogP contribution in [-0.2, 0) is 6.54 Å². The molecule has 2 aromatic rings. The SMILES string of the molecule is CCn1ncc(OC)c1C(O)c1cc(Cl)sc1Cl. The highest BCUT2D eigenvalue weighted by molar-refractivity contribution is 7.20. The van der Waals surface area contributed by atoms with E-state index in [1.807, 2.05) is 6.92 Å². The van der Waals surface area contributed by atoms with E-state index in [0.29, 0.717) is 32.2 Å². The van der Waals surface area contributed by atoms with Crippen molar-refractivity contribution >= 4 is 34.5 Å². The lowest BCUT2D eigenvalue weighted by Crippen LogP contribution is -2.10. The first kappa shape index (κ1) is 13.7. The van der Waals surface area contributed by atoms with E-state index in [1.165, 1.54) is 18.4 Å². The molecule has 1 N–H and O–H groups in total. The largest absolute Gasteiger partial charge is 0.493 e. The Kier molecular flexibility index (Phi) is 4.17. The van der Waals surface area contributed by atoms with E-state index in [0.717, 1.165) is 0 Å². The Morgan fingerprint density at radius 3 is 2.78 bits per heavy atom. The van der Waals surface area contributed by atoms with Gasteiger partial charge in [0.1, 0.15) is 16.1 Å². The second kappa shape index (κ2) is 5.48. The molecule has 0 fully saturated rings. The highest BCUT2D eigenvalue weighted by atomic mass is 35.5. The van der Waals surface area contributed by atoms with Gasteiger partial charge in [0, 0.05) is 12.1 Å². The predicted molar refractivity (Wildman–Crippen MR) is 72.9 cm³/mol. The van der Waals surface area contributed by atoms with Gasteiger partial charge in [-0.3, -0.25) is 4.68 Å². The van der Waals surface area contributed by atoms with Crippen LogP contribution in [0.15, 0.2) is 12.3 Å². The normalized spacial score (nSPS) is 12.7. The summed E-state index contributed by atoms with van der Waals surface area (Å²) in [5, 5.41) is 14.6. The molecule has 0 radical (unpaired) electrons. The van der Waals surface area contributed by atoms with Gasteiger partial charge in [0.2, 0.25) is 0 Å². The van der Waals surface area contributed by atoms with E-state index in [9.17, 15) is 5.11 Å². The predicted octanol–water partition coefficient (Wildman–Crippen LogP) is 3.36. The van der Waals surface area contributed by atoms with Crippen LogP contribution in [0.5, 0.6) is 5.75 Å². The van der Waals surface area contributed by atoms with Crippen LogP contribution in [0, 0.1) is 0 Å². The van der Waals surface area contributed by atoms with Crippen molar-refractivity contribution in [3.63, 3.8) is 0 Å². The summed E-state index contributed by atoms with van der Waals surface area (Å²) < 4.78 is 7.88. The summed E-state index contributed by atoms with van der Waals surface area (Å²) in [6.07, 6.45) is 0.669. The van der Waals surface area contributed by atoms with Gasteiger partial charge in [-0.1, -0.05) is 23.2 Å². The fourth-order valence-electron chi connectivity index (χ4n) is 1.75. The van der Waals surface area contributed by atoms with Crippen molar-refractivity contribution in [2.24, 2.45) is 0 Å². The molecule has 0 aliphatic heterocycles. The first-order valence-corrected chi connectivity index (χ1v) is 6.88. The summed E-state index contributed by atoms with van der Waals surface area (Å²) in [5.41, 5.74) is 1.15. The minimum atomic E-state index is -0.904. The maximum atomic E-state index is 10.4. The summed E-state index contributed by atoms with van der Waals surface area (Å²) in [6.45, 7) is 2.57. The standard InChI is InChI=1S/C11H12Cl2N2O2S/c1-3-15-9(7(17-2)5-14-15)10(16)6-4-8(12)18-11(6)13/h4-5,10,16H,3H2,1-2H3. The second-order valence-electron chi connectivity index (χ2n) is 3.60. The number of aliphatic hydroxyl groups is 1. The zero-order valence-corrected chi connectivity index (χ0v) is 12.2. The lowest BCUT2D eigenvalue weighted by Gasteiger charge is -2.13. The summed E-state index contributed by atoms with van der Waals surface area (Å²) >= 11 is 13.2. The summed E-state index contributed by atoms with van der Waals surface area (Å²) in [4.78, 5) is 0. The molecule has 2 aromatic heterocycles. The van der Waals surface area contributed by atoms with Crippen molar-refractivity contribution < 1.29 is 9.84 Å². The number of methoxy groups -OCH3 is 1. The smallest absolute Gasteiger partial charge is 0.163 e. The van der Waals surface area contributed by atoms with E-state index >= 15 is 0 Å². The molecule has 0 spiro atoms. The Bertz CT molecular complexity index is 532. The van der Waals surface area contributed by atoms with E-state index < -0.39 is 6.10 Å². The van der Waals surface area contributed by atoms with Crippen molar-refractivity contribution in [3.05, 3.63) is 32.2 Å². The first-order valence-electron chi connectivity index (χ1n) is 5.31. The molecule has 98 valence electrons. The topological polar surface area (TPSA) is 47.3 Å². The molecule has 2 heterocycles. The third kappa shape index (κ3) is 2.36. The number of hydrogen-bond donors (Lipinski definition) is 1. The molecule has 0 aliphatic rings. The van der Waals surface area contributed by atoms with Crippen molar-refractivity contribution in [2.75, 3.05) is 7.11 Å². The number of hydrogen-bond acceptors (Lipinski definition) is 4. The van der Waals surface area contributed by atoms with E-state index in [2.05, 4.69) is 5.10 Å². The third-order valence-corrected chi connectivity index (χ3v) is 4.12. The van der Waals surface area contributed by atoms with Crippen LogP contribution in [0.4, 0.5) is 0 Å². The summed E-state index contributed by atoms with van der Waals surface area (Å²) in [7, 11) is 1.54. The Labute approximate surface area is 119 Å². The molecule has 0 aromatic carbocycles. The molecule has 0 saturated carbocycles. The van der Waals surface area contributed by atoms with Crippen LogP contribution < -0.4 is 4.74 Å². The molecule has 0 amide bonds. The maximum absolute atomic E-state index is 10.4. The molecule has 1 atom stereocenters. The quantitative estimate of drug-likeness (QED) is 0.942. The van der Waals surface area contributed by atoms with Crippen LogP contribution in [0.2, 0.25) is 8.67 Å². The lowest BCUT2D eigenvalue weighted by atomic mass is 10.1. The minimum absolute atomic E-state index is 0.471. The number of aromatic nitrogens is 2. The molecule has 4 nitrogen and oxygen atoms in total. The number of nitrogens with zero attached hydrogens (tertiary/aromatic N) is 2. The maximum Gasteiger partial charge on any atom is 0.163 e. The van der Waals surface area contributed by atoms with Crippen molar-refractivity contribution in [2.45, 2.75) is 19.6 Å². The molecule has 0 saturated heterocycles. The van der Waals surface area contributed by atoms with Gasteiger partial charge in [-0.05, 0) is 13.0 Å². The first-order chi connectivity index (χ1) is 8.58. The summed E-state index contributed by atoms with van der Waals surface area (Å²) in [5.74, 6) is 0.530. The Morgan fingerprint density at radius 1 is 1.56 bits per heavy atom.